The van der Waals surface area contributed by atoms with Crippen LogP contribution in [0.15, 0.2) is 16.8 Å². The fourth-order valence-electron chi connectivity index (χ4n) is 0.862. The lowest BCUT2D eigenvalue weighted by atomic mass is 10.2. The summed E-state index contributed by atoms with van der Waals surface area (Å²) in [6.07, 6.45) is 3.16. The van der Waals surface area contributed by atoms with Crippen molar-refractivity contribution in [1.82, 2.24) is 5.32 Å². The van der Waals surface area contributed by atoms with Crippen molar-refractivity contribution in [3.8, 4) is 0 Å². The topological polar surface area (TPSA) is 24.4 Å². The van der Waals surface area contributed by atoms with Crippen molar-refractivity contribution in [2.45, 2.75) is 40.2 Å². The van der Waals surface area contributed by atoms with Gasteiger partial charge in [0.25, 0.3) is 0 Å². The first-order chi connectivity index (χ1) is 5.60. The summed E-state index contributed by atoms with van der Waals surface area (Å²) in [4.78, 5) is 4.48. The molecule has 1 N–H and O–H groups in total. The van der Waals surface area contributed by atoms with Crippen LogP contribution in [0.1, 0.15) is 34.1 Å². The predicted octanol–water partition coefficient (Wildman–Crippen LogP) is 2.37. The van der Waals surface area contributed by atoms with Gasteiger partial charge in [-0.1, -0.05) is 6.92 Å². The van der Waals surface area contributed by atoms with E-state index in [0.29, 0.717) is 6.04 Å². The molecule has 0 saturated carbocycles. The molecule has 1 unspecified atom stereocenters. The Morgan fingerprint density at radius 3 is 2.50 bits per heavy atom. The van der Waals surface area contributed by atoms with Crippen LogP contribution in [-0.2, 0) is 0 Å². The highest BCUT2D eigenvalue weighted by Crippen LogP contribution is 1.97. The smallest absolute Gasteiger partial charge is 0.0472 e. The molecule has 0 amide bonds. The molecule has 70 valence electrons. The average molecular weight is 168 g/mol. The molecule has 0 aliphatic heterocycles. The van der Waals surface area contributed by atoms with Gasteiger partial charge in [0.1, 0.15) is 0 Å². The third-order valence-electron chi connectivity index (χ3n) is 1.83. The second-order valence-corrected chi connectivity index (χ2v) is 3.11. The molecule has 0 fully saturated rings. The van der Waals surface area contributed by atoms with E-state index < -0.39 is 0 Å². The summed E-state index contributed by atoms with van der Waals surface area (Å²) in [5, 5.41) is 3.07. The number of hydrogen-bond acceptors (Lipinski definition) is 2. The van der Waals surface area contributed by atoms with Gasteiger partial charge in [-0.2, -0.15) is 0 Å². The van der Waals surface area contributed by atoms with E-state index in [-0.39, 0.29) is 0 Å². The fraction of sp³-hybridized carbons (Fsp3) is 0.700. The monoisotopic (exact) mass is 168 g/mol. The van der Waals surface area contributed by atoms with Gasteiger partial charge in [0.2, 0.25) is 0 Å². The molecule has 1 atom stereocenters. The Hall–Kier alpha value is -0.790. The van der Waals surface area contributed by atoms with Crippen molar-refractivity contribution in [2.24, 2.45) is 4.99 Å². The van der Waals surface area contributed by atoms with Gasteiger partial charge in [-0.3, -0.25) is 4.99 Å². The molecule has 0 aliphatic carbocycles. The third kappa shape index (κ3) is 4.94. The second kappa shape index (κ2) is 5.81. The van der Waals surface area contributed by atoms with Crippen molar-refractivity contribution < 1.29 is 0 Å². The van der Waals surface area contributed by atoms with Crippen LogP contribution in [0.5, 0.6) is 0 Å². The molecule has 0 saturated heterocycles. The van der Waals surface area contributed by atoms with Crippen molar-refractivity contribution >= 4 is 5.71 Å². The van der Waals surface area contributed by atoms with Crippen LogP contribution >= 0.6 is 0 Å². The van der Waals surface area contributed by atoms with Crippen LogP contribution in [0, 0.1) is 0 Å². The van der Waals surface area contributed by atoms with E-state index in [1.165, 1.54) is 0 Å². The summed E-state index contributed by atoms with van der Waals surface area (Å²) in [7, 11) is 1.92. The molecule has 0 heterocycles. The first-order valence-corrected chi connectivity index (χ1v) is 4.50. The standard InChI is InChI=1S/C10H20N2/c1-6-8(2)12-10(4)7-9(3)11-5/h7-8,11H,6H2,1-5H3/b9-7-,12-10+. The molecule has 2 nitrogen and oxygen atoms in total. The number of rotatable bonds is 4. The number of allylic oxidation sites excluding steroid dienone is 2. The van der Waals surface area contributed by atoms with Crippen LogP contribution in [0.4, 0.5) is 0 Å². The Kier molecular flexibility index (Phi) is 5.43. The molecule has 2 heteroatoms. The maximum absolute atomic E-state index is 4.48. The molecular formula is C10H20N2. The van der Waals surface area contributed by atoms with Crippen LogP contribution in [0.25, 0.3) is 0 Å². The normalized spacial score (nSPS) is 16.1. The summed E-state index contributed by atoms with van der Waals surface area (Å²) in [6, 6.07) is 0.436. The fourth-order valence-corrected chi connectivity index (χ4v) is 0.862. The van der Waals surface area contributed by atoms with Crippen LogP contribution in [0.3, 0.4) is 0 Å². The van der Waals surface area contributed by atoms with Gasteiger partial charge < -0.3 is 5.32 Å². The first-order valence-electron chi connectivity index (χ1n) is 4.50. The van der Waals surface area contributed by atoms with Gasteiger partial charge in [-0.05, 0) is 33.3 Å². The van der Waals surface area contributed by atoms with Gasteiger partial charge in [0.15, 0.2) is 0 Å². The molecule has 0 bridgehead atoms. The number of hydrogen-bond donors (Lipinski definition) is 1. The van der Waals surface area contributed by atoms with Gasteiger partial charge >= 0.3 is 0 Å². The lowest BCUT2D eigenvalue weighted by Gasteiger charge is -2.03. The summed E-state index contributed by atoms with van der Waals surface area (Å²) < 4.78 is 0. The van der Waals surface area contributed by atoms with E-state index in [2.05, 4.69) is 30.2 Å². The van der Waals surface area contributed by atoms with E-state index in [1.54, 1.807) is 0 Å². The molecule has 0 radical (unpaired) electrons. The van der Waals surface area contributed by atoms with E-state index in [9.17, 15) is 0 Å². The maximum Gasteiger partial charge on any atom is 0.0472 e. The zero-order valence-corrected chi connectivity index (χ0v) is 8.81. The number of aliphatic imine (C=N–C) groups is 1. The lowest BCUT2D eigenvalue weighted by molar-refractivity contribution is 0.717. The number of nitrogens with zero attached hydrogens (tertiary/aromatic N) is 1. The summed E-state index contributed by atoms with van der Waals surface area (Å²) >= 11 is 0. The second-order valence-electron chi connectivity index (χ2n) is 3.11. The lowest BCUT2D eigenvalue weighted by Crippen LogP contribution is -2.05. The molecule has 0 aromatic carbocycles. The summed E-state index contributed by atoms with van der Waals surface area (Å²) in [5.74, 6) is 0. The highest BCUT2D eigenvalue weighted by Gasteiger charge is 1.94. The molecule has 12 heavy (non-hydrogen) atoms. The van der Waals surface area contributed by atoms with Crippen molar-refractivity contribution in [1.29, 1.82) is 0 Å². The average Bonchev–Trinajstić information content (AvgIpc) is 2.03. The van der Waals surface area contributed by atoms with Crippen LogP contribution < -0.4 is 5.32 Å². The minimum atomic E-state index is 0.436. The minimum Gasteiger partial charge on any atom is -0.392 e. The molecule has 0 aromatic heterocycles. The van der Waals surface area contributed by atoms with E-state index in [4.69, 9.17) is 0 Å². The molecule has 0 rings (SSSR count). The van der Waals surface area contributed by atoms with Crippen LogP contribution in [-0.4, -0.2) is 18.8 Å². The molecule has 0 aromatic rings. The quantitative estimate of drug-likeness (QED) is 0.640. The molecular weight excluding hydrogens is 148 g/mol. The largest absolute Gasteiger partial charge is 0.392 e. The highest BCUT2D eigenvalue weighted by atomic mass is 14.8. The van der Waals surface area contributed by atoms with Gasteiger partial charge in [-0.15, -0.1) is 0 Å². The Morgan fingerprint density at radius 1 is 1.50 bits per heavy atom. The Bertz CT molecular complexity index is 180. The van der Waals surface area contributed by atoms with Crippen molar-refractivity contribution in [3.63, 3.8) is 0 Å². The van der Waals surface area contributed by atoms with Gasteiger partial charge in [0.05, 0.1) is 0 Å². The summed E-state index contributed by atoms with van der Waals surface area (Å²) in [5.41, 5.74) is 2.25. The Morgan fingerprint density at radius 2 is 2.08 bits per heavy atom. The first kappa shape index (κ1) is 11.2. The van der Waals surface area contributed by atoms with E-state index in [0.717, 1.165) is 17.8 Å². The van der Waals surface area contributed by atoms with Gasteiger partial charge in [0, 0.05) is 24.5 Å². The van der Waals surface area contributed by atoms with E-state index in [1.807, 2.05) is 20.9 Å². The molecule has 0 spiro atoms. The van der Waals surface area contributed by atoms with Crippen LogP contribution in [0.2, 0.25) is 0 Å². The minimum absolute atomic E-state index is 0.436. The van der Waals surface area contributed by atoms with Crippen molar-refractivity contribution in [2.75, 3.05) is 7.05 Å². The highest BCUT2D eigenvalue weighted by molar-refractivity contribution is 5.93. The van der Waals surface area contributed by atoms with E-state index >= 15 is 0 Å². The Labute approximate surface area is 75.8 Å². The zero-order valence-electron chi connectivity index (χ0n) is 8.81. The van der Waals surface area contributed by atoms with Gasteiger partial charge in [-0.25, -0.2) is 0 Å². The van der Waals surface area contributed by atoms with Crippen molar-refractivity contribution in [3.05, 3.63) is 11.8 Å². The third-order valence-corrected chi connectivity index (χ3v) is 1.83. The zero-order chi connectivity index (χ0) is 9.56. The summed E-state index contributed by atoms with van der Waals surface area (Å²) in [6.45, 7) is 8.35. The number of nitrogens with one attached hydrogen (secondary N) is 1. The Balaban J connectivity index is 4.18. The predicted molar refractivity (Wildman–Crippen MR) is 55.7 cm³/mol. The maximum atomic E-state index is 4.48. The molecule has 0 aliphatic rings. The SMILES string of the molecule is CCC(C)/N=C(C)/C=C(/C)NC.